The summed E-state index contributed by atoms with van der Waals surface area (Å²) in [5, 5.41) is 10.1. The van der Waals surface area contributed by atoms with Gasteiger partial charge in [0.25, 0.3) is 5.91 Å². The van der Waals surface area contributed by atoms with Gasteiger partial charge in [-0.1, -0.05) is 18.2 Å². The first kappa shape index (κ1) is 17.6. The van der Waals surface area contributed by atoms with Crippen LogP contribution in [0.5, 0.6) is 5.88 Å². The van der Waals surface area contributed by atoms with Crippen molar-refractivity contribution in [3.05, 3.63) is 57.1 Å². The molecular formula is C17H17BrN4O2S. The van der Waals surface area contributed by atoms with Crippen molar-refractivity contribution in [1.82, 2.24) is 20.1 Å². The molecule has 2 heterocycles. The number of rotatable bonds is 6. The first-order chi connectivity index (χ1) is 12.0. The van der Waals surface area contributed by atoms with Gasteiger partial charge < -0.3 is 10.1 Å². The fraction of sp³-hybridized carbons (Fsp3) is 0.235. The van der Waals surface area contributed by atoms with Gasteiger partial charge in [0, 0.05) is 11.6 Å². The van der Waals surface area contributed by atoms with Crippen LogP contribution in [-0.2, 0) is 11.3 Å². The molecule has 0 bridgehead atoms. The number of para-hydroxylation sites is 1. The van der Waals surface area contributed by atoms with E-state index in [1.54, 1.807) is 29.1 Å². The highest BCUT2D eigenvalue weighted by molar-refractivity contribution is 9.10. The second kappa shape index (κ2) is 7.79. The average molecular weight is 421 g/mol. The Bertz CT molecular complexity index is 863. The summed E-state index contributed by atoms with van der Waals surface area (Å²) in [4.78, 5) is 16.5. The Kier molecular flexibility index (Phi) is 5.50. The summed E-state index contributed by atoms with van der Waals surface area (Å²) in [5.41, 5.74) is 1.76. The smallest absolute Gasteiger partial charge is 0.261 e. The molecule has 0 unspecified atom stereocenters. The van der Waals surface area contributed by atoms with E-state index in [0.29, 0.717) is 16.9 Å². The Balaban J connectivity index is 1.61. The van der Waals surface area contributed by atoms with Crippen LogP contribution in [0.25, 0.3) is 5.69 Å². The summed E-state index contributed by atoms with van der Waals surface area (Å²) < 4.78 is 8.08. The number of ether oxygens (including phenoxy) is 1. The molecule has 1 amide bonds. The maximum absolute atomic E-state index is 12.2. The molecule has 1 atom stereocenters. The van der Waals surface area contributed by atoms with E-state index in [-0.39, 0.29) is 5.91 Å². The highest BCUT2D eigenvalue weighted by Crippen LogP contribution is 2.25. The highest BCUT2D eigenvalue weighted by Gasteiger charge is 2.18. The lowest BCUT2D eigenvalue weighted by Crippen LogP contribution is -2.36. The van der Waals surface area contributed by atoms with Gasteiger partial charge in [-0.05, 0) is 41.9 Å². The lowest BCUT2D eigenvalue weighted by Gasteiger charge is -2.12. The number of aromatic nitrogens is 3. The Morgan fingerprint density at radius 2 is 2.16 bits per heavy atom. The average Bonchev–Trinajstić information content (AvgIpc) is 3.19. The minimum absolute atomic E-state index is 0.216. The highest BCUT2D eigenvalue weighted by atomic mass is 79.9. The summed E-state index contributed by atoms with van der Waals surface area (Å²) in [6, 6.07) is 9.68. The van der Waals surface area contributed by atoms with E-state index in [9.17, 15) is 4.79 Å². The van der Waals surface area contributed by atoms with E-state index >= 15 is 0 Å². The molecule has 0 spiro atoms. The monoisotopic (exact) mass is 420 g/mol. The SMILES string of the molecule is Cc1nc(CNC(=O)[C@H](C)Oc2nn(-c3ccccc3)cc2Br)cs1. The number of amides is 1. The van der Waals surface area contributed by atoms with Crippen molar-refractivity contribution in [2.24, 2.45) is 0 Å². The summed E-state index contributed by atoms with van der Waals surface area (Å²) in [7, 11) is 0. The third-order valence-electron chi connectivity index (χ3n) is 3.43. The number of benzene rings is 1. The first-order valence-corrected chi connectivity index (χ1v) is 9.36. The van der Waals surface area contributed by atoms with Crippen molar-refractivity contribution in [3.8, 4) is 11.6 Å². The van der Waals surface area contributed by atoms with Gasteiger partial charge in [0.05, 0.1) is 27.4 Å². The van der Waals surface area contributed by atoms with Crippen molar-refractivity contribution in [2.45, 2.75) is 26.5 Å². The Hall–Kier alpha value is -2.19. The number of aryl methyl sites for hydroxylation is 1. The van der Waals surface area contributed by atoms with Crippen LogP contribution in [0.3, 0.4) is 0 Å². The molecule has 2 aromatic heterocycles. The second-order valence-corrected chi connectivity index (χ2v) is 7.31. The van der Waals surface area contributed by atoms with Crippen LogP contribution in [0.1, 0.15) is 17.6 Å². The predicted molar refractivity (Wildman–Crippen MR) is 100 cm³/mol. The molecule has 0 saturated heterocycles. The zero-order valence-electron chi connectivity index (χ0n) is 13.8. The van der Waals surface area contributed by atoms with Crippen LogP contribution in [0, 0.1) is 6.92 Å². The molecule has 0 aliphatic rings. The fourth-order valence-electron chi connectivity index (χ4n) is 2.16. The maximum atomic E-state index is 12.2. The number of carbonyl (C=O) groups excluding carboxylic acids is 1. The molecule has 0 radical (unpaired) electrons. The minimum atomic E-state index is -0.671. The molecule has 3 aromatic rings. The van der Waals surface area contributed by atoms with E-state index in [4.69, 9.17) is 4.74 Å². The summed E-state index contributed by atoms with van der Waals surface area (Å²) >= 11 is 4.98. The van der Waals surface area contributed by atoms with E-state index in [1.165, 1.54) is 0 Å². The predicted octanol–water partition coefficient (Wildman–Crippen LogP) is 3.48. The molecule has 0 aliphatic heterocycles. The van der Waals surface area contributed by atoms with Gasteiger partial charge in [-0.2, -0.15) is 0 Å². The van der Waals surface area contributed by atoms with E-state index in [1.807, 2.05) is 42.6 Å². The molecule has 130 valence electrons. The number of hydrogen-bond donors (Lipinski definition) is 1. The molecule has 8 heteroatoms. The van der Waals surface area contributed by atoms with Gasteiger partial charge in [0.1, 0.15) is 0 Å². The molecule has 0 fully saturated rings. The number of thiazole rings is 1. The van der Waals surface area contributed by atoms with Gasteiger partial charge in [-0.25, -0.2) is 9.67 Å². The third-order valence-corrected chi connectivity index (χ3v) is 4.79. The first-order valence-electron chi connectivity index (χ1n) is 7.69. The van der Waals surface area contributed by atoms with Gasteiger partial charge in [0.2, 0.25) is 5.88 Å². The molecule has 0 aliphatic carbocycles. The lowest BCUT2D eigenvalue weighted by molar-refractivity contribution is -0.127. The van der Waals surface area contributed by atoms with Crippen molar-refractivity contribution in [2.75, 3.05) is 0 Å². The number of hydrogen-bond acceptors (Lipinski definition) is 5. The molecular weight excluding hydrogens is 404 g/mol. The third kappa shape index (κ3) is 4.46. The molecule has 1 aromatic carbocycles. The Labute approximate surface area is 158 Å². The van der Waals surface area contributed by atoms with E-state index in [2.05, 4.69) is 31.3 Å². The molecule has 3 rings (SSSR count). The van der Waals surface area contributed by atoms with Gasteiger partial charge in [-0.15, -0.1) is 16.4 Å². The minimum Gasteiger partial charge on any atom is -0.463 e. The van der Waals surface area contributed by atoms with Crippen LogP contribution in [0.4, 0.5) is 0 Å². The lowest BCUT2D eigenvalue weighted by atomic mass is 10.3. The fourth-order valence-corrected chi connectivity index (χ4v) is 3.14. The second-order valence-electron chi connectivity index (χ2n) is 5.40. The topological polar surface area (TPSA) is 69.0 Å². The van der Waals surface area contributed by atoms with Crippen LogP contribution >= 0.6 is 27.3 Å². The molecule has 0 saturated carbocycles. The summed E-state index contributed by atoms with van der Waals surface area (Å²) in [5.74, 6) is 0.155. The number of carbonyl (C=O) groups is 1. The van der Waals surface area contributed by atoms with Gasteiger partial charge in [0.15, 0.2) is 6.10 Å². The molecule has 25 heavy (non-hydrogen) atoms. The standard InChI is InChI=1S/C17H17BrN4O2S/c1-11(16(23)19-8-13-10-25-12(2)20-13)24-17-15(18)9-22(21-17)14-6-4-3-5-7-14/h3-7,9-11H,8H2,1-2H3,(H,19,23)/t11-/m0/s1. The number of nitrogens with zero attached hydrogens (tertiary/aromatic N) is 3. The quantitative estimate of drug-likeness (QED) is 0.662. The number of halogens is 1. The Morgan fingerprint density at radius 1 is 1.40 bits per heavy atom. The van der Waals surface area contributed by atoms with Crippen molar-refractivity contribution >= 4 is 33.2 Å². The maximum Gasteiger partial charge on any atom is 0.261 e. The van der Waals surface area contributed by atoms with Crippen molar-refractivity contribution in [3.63, 3.8) is 0 Å². The Morgan fingerprint density at radius 3 is 2.84 bits per heavy atom. The van der Waals surface area contributed by atoms with Crippen molar-refractivity contribution < 1.29 is 9.53 Å². The summed E-state index contributed by atoms with van der Waals surface area (Å²) in [6.45, 7) is 4.01. The molecule has 1 N–H and O–H groups in total. The van der Waals surface area contributed by atoms with Gasteiger partial charge in [-0.3, -0.25) is 4.79 Å². The van der Waals surface area contributed by atoms with E-state index in [0.717, 1.165) is 16.4 Å². The van der Waals surface area contributed by atoms with Crippen molar-refractivity contribution in [1.29, 1.82) is 0 Å². The zero-order valence-corrected chi connectivity index (χ0v) is 16.2. The summed E-state index contributed by atoms with van der Waals surface area (Å²) in [6.07, 6.45) is 1.13. The van der Waals surface area contributed by atoms with Crippen LogP contribution in [0.15, 0.2) is 46.4 Å². The normalized spacial score (nSPS) is 12.0. The van der Waals surface area contributed by atoms with Crippen LogP contribution < -0.4 is 10.1 Å². The van der Waals surface area contributed by atoms with E-state index < -0.39 is 6.10 Å². The van der Waals surface area contributed by atoms with Gasteiger partial charge >= 0.3 is 0 Å². The number of nitrogens with one attached hydrogen (secondary N) is 1. The zero-order chi connectivity index (χ0) is 17.8. The van der Waals surface area contributed by atoms with Crippen LogP contribution in [-0.4, -0.2) is 26.8 Å². The van der Waals surface area contributed by atoms with Crippen LogP contribution in [0.2, 0.25) is 0 Å². The largest absolute Gasteiger partial charge is 0.463 e. The molecule has 6 nitrogen and oxygen atoms in total.